The van der Waals surface area contributed by atoms with Crippen LogP contribution in [0, 0.1) is 0 Å². The third-order valence-electron chi connectivity index (χ3n) is 3.38. The van der Waals surface area contributed by atoms with Crippen molar-refractivity contribution < 1.29 is 13.2 Å². The van der Waals surface area contributed by atoms with Gasteiger partial charge in [-0.1, -0.05) is 0 Å². The van der Waals surface area contributed by atoms with Gasteiger partial charge in [0.1, 0.15) is 0 Å². The van der Waals surface area contributed by atoms with E-state index in [1.807, 2.05) is 21.0 Å². The summed E-state index contributed by atoms with van der Waals surface area (Å²) in [5.41, 5.74) is 6.32. The van der Waals surface area contributed by atoms with Crippen LogP contribution in [0.3, 0.4) is 0 Å². The molecule has 21 heavy (non-hydrogen) atoms. The van der Waals surface area contributed by atoms with E-state index in [4.69, 9.17) is 5.73 Å². The molecule has 0 aliphatic carbocycles. The third kappa shape index (κ3) is 5.21. The lowest BCUT2D eigenvalue weighted by atomic mass is 10.1. The average molecular weight is 303 g/mol. The summed E-state index contributed by atoms with van der Waals surface area (Å²) >= 11 is 0. The van der Waals surface area contributed by atoms with Crippen molar-refractivity contribution >= 4 is 5.69 Å². The number of benzene rings is 1. The van der Waals surface area contributed by atoms with Crippen LogP contribution in [0.2, 0.25) is 0 Å². The SMILES string of the molecule is CCN(CCCN(C)C)c1ccc(C(F)(F)F)cc1CN. The zero-order valence-corrected chi connectivity index (χ0v) is 12.9. The number of rotatable bonds is 7. The minimum Gasteiger partial charge on any atom is -0.372 e. The lowest BCUT2D eigenvalue weighted by molar-refractivity contribution is -0.137. The second kappa shape index (κ2) is 7.66. The predicted octanol–water partition coefficient (Wildman–Crippen LogP) is 2.94. The summed E-state index contributed by atoms with van der Waals surface area (Å²) in [6, 6.07) is 3.82. The highest BCUT2D eigenvalue weighted by Gasteiger charge is 2.31. The van der Waals surface area contributed by atoms with Gasteiger partial charge in [-0.3, -0.25) is 0 Å². The van der Waals surface area contributed by atoms with Crippen molar-refractivity contribution in [3.05, 3.63) is 29.3 Å². The van der Waals surface area contributed by atoms with E-state index < -0.39 is 11.7 Å². The van der Waals surface area contributed by atoms with Crippen LogP contribution < -0.4 is 10.6 Å². The molecular formula is C15H24F3N3. The van der Waals surface area contributed by atoms with E-state index in [1.54, 1.807) is 0 Å². The smallest absolute Gasteiger partial charge is 0.372 e. The second-order valence-corrected chi connectivity index (χ2v) is 5.28. The Morgan fingerprint density at radius 2 is 1.81 bits per heavy atom. The molecule has 120 valence electrons. The average Bonchev–Trinajstić information content (AvgIpc) is 2.42. The van der Waals surface area contributed by atoms with Gasteiger partial charge in [0.15, 0.2) is 0 Å². The van der Waals surface area contributed by atoms with E-state index in [0.29, 0.717) is 5.56 Å². The lowest BCUT2D eigenvalue weighted by Gasteiger charge is -2.27. The Morgan fingerprint density at radius 1 is 1.14 bits per heavy atom. The molecule has 0 spiro atoms. The standard InChI is InChI=1S/C15H24F3N3/c1-4-21(9-5-8-20(2)3)14-7-6-13(15(16,17)18)10-12(14)11-19/h6-7,10H,4-5,8-9,11,19H2,1-3H3. The van der Waals surface area contributed by atoms with Gasteiger partial charge in [0.2, 0.25) is 0 Å². The number of hydrogen-bond acceptors (Lipinski definition) is 3. The van der Waals surface area contributed by atoms with Crippen LogP contribution in [0.4, 0.5) is 18.9 Å². The van der Waals surface area contributed by atoms with Gasteiger partial charge in [-0.15, -0.1) is 0 Å². The zero-order valence-electron chi connectivity index (χ0n) is 12.9. The van der Waals surface area contributed by atoms with Crippen molar-refractivity contribution in [3.63, 3.8) is 0 Å². The quantitative estimate of drug-likeness (QED) is 0.840. The number of halogens is 3. The molecule has 0 aromatic heterocycles. The molecule has 0 heterocycles. The second-order valence-electron chi connectivity index (χ2n) is 5.28. The molecule has 0 saturated carbocycles. The number of nitrogens with zero attached hydrogens (tertiary/aromatic N) is 2. The first kappa shape index (κ1) is 17.8. The maximum atomic E-state index is 12.8. The highest BCUT2D eigenvalue weighted by atomic mass is 19.4. The first-order chi connectivity index (χ1) is 9.79. The van der Waals surface area contributed by atoms with Gasteiger partial charge in [0.25, 0.3) is 0 Å². The van der Waals surface area contributed by atoms with E-state index in [1.165, 1.54) is 6.07 Å². The summed E-state index contributed by atoms with van der Waals surface area (Å²) in [5.74, 6) is 0. The molecular weight excluding hydrogens is 279 g/mol. The normalized spacial score (nSPS) is 12.0. The summed E-state index contributed by atoms with van der Waals surface area (Å²) in [6.45, 7) is 4.57. The van der Waals surface area contributed by atoms with Crippen molar-refractivity contribution in [3.8, 4) is 0 Å². The molecule has 2 N–H and O–H groups in total. The highest BCUT2D eigenvalue weighted by molar-refractivity contribution is 5.55. The summed E-state index contributed by atoms with van der Waals surface area (Å²) < 4.78 is 38.3. The van der Waals surface area contributed by atoms with Crippen LogP contribution >= 0.6 is 0 Å². The van der Waals surface area contributed by atoms with Gasteiger partial charge in [0.05, 0.1) is 5.56 Å². The van der Waals surface area contributed by atoms with Crippen molar-refractivity contribution in [1.29, 1.82) is 0 Å². The molecule has 0 saturated heterocycles. The van der Waals surface area contributed by atoms with Crippen molar-refractivity contribution in [2.24, 2.45) is 5.73 Å². The van der Waals surface area contributed by atoms with Crippen molar-refractivity contribution in [2.45, 2.75) is 26.1 Å². The monoisotopic (exact) mass is 303 g/mol. The summed E-state index contributed by atoms with van der Waals surface area (Å²) in [5, 5.41) is 0. The largest absolute Gasteiger partial charge is 0.416 e. The first-order valence-electron chi connectivity index (χ1n) is 7.09. The molecule has 0 unspecified atom stereocenters. The number of alkyl halides is 3. The van der Waals surface area contributed by atoms with Gasteiger partial charge >= 0.3 is 6.18 Å². The number of anilines is 1. The van der Waals surface area contributed by atoms with E-state index >= 15 is 0 Å². The summed E-state index contributed by atoms with van der Waals surface area (Å²) in [6.07, 6.45) is -3.38. The number of nitrogens with two attached hydrogens (primary N) is 1. The predicted molar refractivity (Wildman–Crippen MR) is 80.4 cm³/mol. The molecule has 0 aliphatic heterocycles. The minimum atomic E-state index is -4.33. The molecule has 0 radical (unpaired) electrons. The summed E-state index contributed by atoms with van der Waals surface area (Å²) in [7, 11) is 4.00. The Labute approximate surface area is 124 Å². The molecule has 0 atom stereocenters. The van der Waals surface area contributed by atoms with E-state index in [-0.39, 0.29) is 6.54 Å². The molecule has 0 amide bonds. The van der Waals surface area contributed by atoms with Gasteiger partial charge in [-0.2, -0.15) is 13.2 Å². The van der Waals surface area contributed by atoms with Crippen LogP contribution in [0.1, 0.15) is 24.5 Å². The molecule has 6 heteroatoms. The fourth-order valence-corrected chi connectivity index (χ4v) is 2.26. The highest BCUT2D eigenvalue weighted by Crippen LogP contribution is 2.32. The Hall–Kier alpha value is -1.27. The van der Waals surface area contributed by atoms with Gasteiger partial charge in [-0.25, -0.2) is 0 Å². The number of hydrogen-bond donors (Lipinski definition) is 1. The van der Waals surface area contributed by atoms with Gasteiger partial charge in [-0.05, 0) is 57.7 Å². The van der Waals surface area contributed by atoms with Crippen LogP contribution in [0.25, 0.3) is 0 Å². The fourth-order valence-electron chi connectivity index (χ4n) is 2.26. The van der Waals surface area contributed by atoms with Gasteiger partial charge in [0, 0.05) is 25.3 Å². The molecule has 3 nitrogen and oxygen atoms in total. The van der Waals surface area contributed by atoms with E-state index in [2.05, 4.69) is 9.80 Å². The first-order valence-corrected chi connectivity index (χ1v) is 7.09. The van der Waals surface area contributed by atoms with E-state index in [0.717, 1.165) is 43.9 Å². The zero-order chi connectivity index (χ0) is 16.0. The van der Waals surface area contributed by atoms with Crippen LogP contribution in [-0.4, -0.2) is 38.6 Å². The summed E-state index contributed by atoms with van der Waals surface area (Å²) in [4.78, 5) is 4.16. The maximum Gasteiger partial charge on any atom is 0.416 e. The topological polar surface area (TPSA) is 32.5 Å². The van der Waals surface area contributed by atoms with Crippen molar-refractivity contribution in [1.82, 2.24) is 4.90 Å². The minimum absolute atomic E-state index is 0.101. The van der Waals surface area contributed by atoms with Crippen LogP contribution in [-0.2, 0) is 12.7 Å². The van der Waals surface area contributed by atoms with Gasteiger partial charge < -0.3 is 15.5 Å². The van der Waals surface area contributed by atoms with Crippen LogP contribution in [0.5, 0.6) is 0 Å². The molecule has 1 rings (SSSR count). The Morgan fingerprint density at radius 3 is 2.29 bits per heavy atom. The Bertz CT molecular complexity index is 444. The maximum absolute atomic E-state index is 12.8. The third-order valence-corrected chi connectivity index (χ3v) is 3.38. The van der Waals surface area contributed by atoms with E-state index in [9.17, 15) is 13.2 Å². The lowest BCUT2D eigenvalue weighted by Crippen LogP contribution is -2.28. The molecule has 0 aliphatic rings. The fraction of sp³-hybridized carbons (Fsp3) is 0.600. The van der Waals surface area contributed by atoms with Crippen molar-refractivity contribution in [2.75, 3.05) is 38.6 Å². The Kier molecular flexibility index (Phi) is 6.48. The molecule has 1 aromatic carbocycles. The molecule has 0 fully saturated rings. The molecule has 0 bridgehead atoms. The van der Waals surface area contributed by atoms with Crippen LogP contribution in [0.15, 0.2) is 18.2 Å². The molecule has 1 aromatic rings. The Balaban J connectivity index is 2.93.